The van der Waals surface area contributed by atoms with Crippen LogP contribution < -0.4 is 0 Å². The third-order valence-electron chi connectivity index (χ3n) is 5.68. The minimum atomic E-state index is 0.0577. The lowest BCUT2D eigenvalue weighted by Crippen LogP contribution is -2.14. The van der Waals surface area contributed by atoms with Gasteiger partial charge < -0.3 is 0 Å². The standard InChI is InChI=1S/C23H25N/c1-16-8-10-17(11-9-16)15-24-18-12-13-20-19-6-4-5-7-21(19)23(2,3)22(20)14-18/h4-8,12-15,17H,9-11H2,1-3H3/b24-15-. The molecule has 0 heterocycles. The lowest BCUT2D eigenvalue weighted by molar-refractivity contribution is 0.608. The fourth-order valence-electron chi connectivity index (χ4n) is 4.08. The molecule has 2 aliphatic carbocycles. The molecule has 1 heteroatoms. The Hall–Kier alpha value is -2.15. The second-order valence-electron chi connectivity index (χ2n) is 7.76. The number of benzene rings is 2. The van der Waals surface area contributed by atoms with Crippen molar-refractivity contribution in [1.29, 1.82) is 0 Å². The van der Waals surface area contributed by atoms with Crippen molar-refractivity contribution in [2.24, 2.45) is 10.9 Å². The number of hydrogen-bond donors (Lipinski definition) is 0. The van der Waals surface area contributed by atoms with Gasteiger partial charge in [0.2, 0.25) is 0 Å². The maximum absolute atomic E-state index is 4.81. The summed E-state index contributed by atoms with van der Waals surface area (Å²) in [6.07, 6.45) is 8.11. The van der Waals surface area contributed by atoms with Crippen LogP contribution >= 0.6 is 0 Å². The second-order valence-corrected chi connectivity index (χ2v) is 7.76. The monoisotopic (exact) mass is 315 g/mol. The van der Waals surface area contributed by atoms with Gasteiger partial charge in [-0.15, -0.1) is 0 Å². The molecule has 2 aromatic rings. The van der Waals surface area contributed by atoms with Crippen molar-refractivity contribution in [2.45, 2.75) is 45.4 Å². The van der Waals surface area contributed by atoms with Crippen LogP contribution in [0.1, 0.15) is 51.2 Å². The Kier molecular flexibility index (Phi) is 3.68. The van der Waals surface area contributed by atoms with Gasteiger partial charge in [0.05, 0.1) is 5.69 Å². The van der Waals surface area contributed by atoms with Crippen molar-refractivity contribution in [1.82, 2.24) is 0 Å². The highest BCUT2D eigenvalue weighted by molar-refractivity contribution is 5.82. The highest BCUT2D eigenvalue weighted by atomic mass is 14.7. The molecule has 1 nitrogen and oxygen atoms in total. The van der Waals surface area contributed by atoms with Gasteiger partial charge in [-0.05, 0) is 66.5 Å². The first-order chi connectivity index (χ1) is 11.6. The van der Waals surface area contributed by atoms with Crippen LogP contribution in [0.3, 0.4) is 0 Å². The molecule has 0 fully saturated rings. The zero-order valence-electron chi connectivity index (χ0n) is 14.8. The van der Waals surface area contributed by atoms with Gasteiger partial charge in [0, 0.05) is 11.6 Å². The third kappa shape index (κ3) is 2.53. The van der Waals surface area contributed by atoms with Crippen LogP contribution in [0.5, 0.6) is 0 Å². The molecule has 0 bridgehead atoms. The summed E-state index contributed by atoms with van der Waals surface area (Å²) in [5, 5.41) is 0. The van der Waals surface area contributed by atoms with Crippen LogP contribution in [-0.2, 0) is 5.41 Å². The minimum Gasteiger partial charge on any atom is -0.261 e. The molecule has 0 saturated carbocycles. The second kappa shape index (κ2) is 5.73. The molecule has 24 heavy (non-hydrogen) atoms. The number of allylic oxidation sites excluding steroid dienone is 2. The Balaban J connectivity index is 1.64. The summed E-state index contributed by atoms with van der Waals surface area (Å²) in [4.78, 5) is 4.81. The van der Waals surface area contributed by atoms with Crippen molar-refractivity contribution in [3.63, 3.8) is 0 Å². The average Bonchev–Trinajstić information content (AvgIpc) is 2.83. The predicted molar refractivity (Wildman–Crippen MR) is 103 cm³/mol. The van der Waals surface area contributed by atoms with E-state index in [2.05, 4.69) is 75.5 Å². The van der Waals surface area contributed by atoms with Crippen molar-refractivity contribution in [3.8, 4) is 11.1 Å². The summed E-state index contributed by atoms with van der Waals surface area (Å²) in [5.41, 5.74) is 8.23. The molecule has 0 saturated heterocycles. The predicted octanol–water partition coefficient (Wildman–Crippen LogP) is 6.44. The maximum atomic E-state index is 4.81. The van der Waals surface area contributed by atoms with Crippen LogP contribution in [0, 0.1) is 5.92 Å². The molecular weight excluding hydrogens is 290 g/mol. The first kappa shape index (κ1) is 15.4. The minimum absolute atomic E-state index is 0.0577. The summed E-state index contributed by atoms with van der Waals surface area (Å²) < 4.78 is 0. The van der Waals surface area contributed by atoms with Gasteiger partial charge in [0.25, 0.3) is 0 Å². The van der Waals surface area contributed by atoms with Crippen molar-refractivity contribution < 1.29 is 0 Å². The molecule has 1 atom stereocenters. The largest absolute Gasteiger partial charge is 0.261 e. The van der Waals surface area contributed by atoms with E-state index in [4.69, 9.17) is 4.99 Å². The number of hydrogen-bond acceptors (Lipinski definition) is 1. The summed E-state index contributed by atoms with van der Waals surface area (Å²) in [6, 6.07) is 15.5. The van der Waals surface area contributed by atoms with E-state index in [9.17, 15) is 0 Å². The molecule has 0 aromatic heterocycles. The van der Waals surface area contributed by atoms with E-state index in [0.29, 0.717) is 5.92 Å². The van der Waals surface area contributed by atoms with E-state index in [0.717, 1.165) is 12.1 Å². The summed E-state index contributed by atoms with van der Waals surface area (Å²) >= 11 is 0. The van der Waals surface area contributed by atoms with E-state index in [1.165, 1.54) is 40.7 Å². The van der Waals surface area contributed by atoms with Gasteiger partial charge >= 0.3 is 0 Å². The Bertz CT molecular complexity index is 839. The normalized spacial score (nSPS) is 21.5. The molecule has 0 amide bonds. The lowest BCUT2D eigenvalue weighted by atomic mass is 9.82. The van der Waals surface area contributed by atoms with Gasteiger partial charge in [0.15, 0.2) is 0 Å². The van der Waals surface area contributed by atoms with Gasteiger partial charge in [-0.25, -0.2) is 0 Å². The summed E-state index contributed by atoms with van der Waals surface area (Å²) in [7, 11) is 0. The van der Waals surface area contributed by atoms with Crippen molar-refractivity contribution >= 4 is 11.9 Å². The number of fused-ring (bicyclic) bond motifs is 3. The van der Waals surface area contributed by atoms with Gasteiger partial charge in [-0.3, -0.25) is 4.99 Å². The van der Waals surface area contributed by atoms with E-state index in [-0.39, 0.29) is 5.41 Å². The Morgan fingerprint density at radius 1 is 1.04 bits per heavy atom. The first-order valence-electron chi connectivity index (χ1n) is 9.00. The fourth-order valence-corrected chi connectivity index (χ4v) is 4.08. The van der Waals surface area contributed by atoms with E-state index in [1.54, 1.807) is 0 Å². The summed E-state index contributed by atoms with van der Waals surface area (Å²) in [6.45, 7) is 6.87. The smallest absolute Gasteiger partial charge is 0.0629 e. The van der Waals surface area contributed by atoms with Gasteiger partial charge in [0.1, 0.15) is 0 Å². The first-order valence-corrected chi connectivity index (χ1v) is 9.00. The highest BCUT2D eigenvalue weighted by Crippen LogP contribution is 2.49. The number of nitrogens with zero attached hydrogens (tertiary/aromatic N) is 1. The molecule has 4 rings (SSSR count). The molecule has 0 radical (unpaired) electrons. The van der Waals surface area contributed by atoms with Crippen molar-refractivity contribution in [3.05, 3.63) is 65.2 Å². The van der Waals surface area contributed by atoms with Crippen LogP contribution in [0.25, 0.3) is 11.1 Å². The van der Waals surface area contributed by atoms with E-state index < -0.39 is 0 Å². The quantitative estimate of drug-likeness (QED) is 0.446. The molecule has 122 valence electrons. The van der Waals surface area contributed by atoms with E-state index in [1.807, 2.05) is 0 Å². The molecule has 0 spiro atoms. The molecule has 0 aliphatic heterocycles. The molecule has 2 aliphatic rings. The highest BCUT2D eigenvalue weighted by Gasteiger charge is 2.35. The molecule has 0 N–H and O–H groups in total. The summed E-state index contributed by atoms with van der Waals surface area (Å²) in [5.74, 6) is 0.590. The lowest BCUT2D eigenvalue weighted by Gasteiger charge is -2.21. The molecule has 2 aromatic carbocycles. The van der Waals surface area contributed by atoms with Gasteiger partial charge in [-0.2, -0.15) is 0 Å². The van der Waals surface area contributed by atoms with Gasteiger partial charge in [-0.1, -0.05) is 55.8 Å². The van der Waals surface area contributed by atoms with Crippen LogP contribution in [0.15, 0.2) is 59.1 Å². The number of rotatable bonds is 2. The fraction of sp³-hybridized carbons (Fsp3) is 0.348. The third-order valence-corrected chi connectivity index (χ3v) is 5.68. The molecular formula is C23H25N. The Morgan fingerprint density at radius 3 is 2.62 bits per heavy atom. The van der Waals surface area contributed by atoms with E-state index >= 15 is 0 Å². The van der Waals surface area contributed by atoms with Crippen LogP contribution in [0.2, 0.25) is 0 Å². The zero-order valence-corrected chi connectivity index (χ0v) is 14.8. The van der Waals surface area contributed by atoms with Crippen LogP contribution in [0.4, 0.5) is 5.69 Å². The SMILES string of the molecule is CC1=CCC(/C=N\c2ccc3c(c2)C(C)(C)c2ccccc2-3)CC1. The van der Waals surface area contributed by atoms with Crippen molar-refractivity contribution in [2.75, 3.05) is 0 Å². The van der Waals surface area contributed by atoms with Crippen LogP contribution in [-0.4, -0.2) is 6.21 Å². The topological polar surface area (TPSA) is 12.4 Å². The molecule has 1 unspecified atom stereocenters. The maximum Gasteiger partial charge on any atom is 0.0629 e. The Morgan fingerprint density at radius 2 is 1.83 bits per heavy atom. The number of aliphatic imine (C=N–C) groups is 1. The Labute approximate surface area is 145 Å². The zero-order chi connectivity index (χ0) is 16.7. The average molecular weight is 315 g/mol.